The molecule has 23 heavy (non-hydrogen) atoms. The van der Waals surface area contributed by atoms with Crippen LogP contribution in [0.5, 0.6) is 5.75 Å². The first-order chi connectivity index (χ1) is 11.3. The van der Waals surface area contributed by atoms with E-state index in [1.807, 2.05) is 54.6 Å². The van der Waals surface area contributed by atoms with Gasteiger partial charge in [0.15, 0.2) is 0 Å². The van der Waals surface area contributed by atoms with Crippen LogP contribution in [0.3, 0.4) is 0 Å². The highest BCUT2D eigenvalue weighted by Crippen LogP contribution is 2.20. The summed E-state index contributed by atoms with van der Waals surface area (Å²) in [4.78, 5) is 7.65. The van der Waals surface area contributed by atoms with Crippen LogP contribution in [0, 0.1) is 11.3 Å². The molecule has 0 amide bonds. The molecule has 0 aliphatic heterocycles. The number of aromatic amines is 1. The third-order valence-electron chi connectivity index (χ3n) is 3.43. The Morgan fingerprint density at radius 3 is 2.70 bits per heavy atom. The lowest BCUT2D eigenvalue weighted by Gasteiger charge is -2.04. The molecule has 4 nitrogen and oxygen atoms in total. The number of aromatic nitrogens is 2. The van der Waals surface area contributed by atoms with Crippen LogP contribution in [-0.2, 0) is 0 Å². The third kappa shape index (κ3) is 3.41. The molecule has 0 aliphatic carbocycles. The number of hydrogen-bond acceptors (Lipinski definition) is 3. The van der Waals surface area contributed by atoms with Crippen molar-refractivity contribution < 1.29 is 4.74 Å². The van der Waals surface area contributed by atoms with Crippen LogP contribution in [0.25, 0.3) is 22.7 Å². The second-order valence-electron chi connectivity index (χ2n) is 5.19. The van der Waals surface area contributed by atoms with Gasteiger partial charge in [-0.2, -0.15) is 5.26 Å². The molecule has 0 unspecified atom stereocenters. The predicted octanol–water partition coefficient (Wildman–Crippen LogP) is 4.42. The quantitative estimate of drug-likeness (QED) is 0.710. The highest BCUT2D eigenvalue weighted by Gasteiger charge is 2.07. The molecule has 0 bridgehead atoms. The van der Waals surface area contributed by atoms with Crippen molar-refractivity contribution in [1.29, 1.82) is 5.26 Å². The number of rotatable bonds is 5. The molecule has 0 spiro atoms. The molecule has 3 aromatic rings. The monoisotopic (exact) mass is 303 g/mol. The summed E-state index contributed by atoms with van der Waals surface area (Å²) in [5, 5.41) is 9.43. The summed E-state index contributed by atoms with van der Waals surface area (Å²) in [5.74, 6) is 1.42. The molecule has 0 atom stereocenters. The van der Waals surface area contributed by atoms with Crippen molar-refractivity contribution in [3.8, 4) is 11.8 Å². The van der Waals surface area contributed by atoms with E-state index in [1.165, 1.54) is 0 Å². The number of hydrogen-bond donors (Lipinski definition) is 1. The van der Waals surface area contributed by atoms with Gasteiger partial charge in [-0.15, -0.1) is 0 Å². The predicted molar refractivity (Wildman–Crippen MR) is 91.8 cm³/mol. The standard InChI is InChI=1S/C19H17N3O/c1-2-11-23-16-9-7-14(8-10-16)12-15(13-20)19-21-17-5-3-4-6-18(17)22-19/h3-10,12H,2,11H2,1H3,(H,21,22)/b15-12+. The third-order valence-corrected chi connectivity index (χ3v) is 3.43. The minimum atomic E-state index is 0.503. The van der Waals surface area contributed by atoms with Gasteiger partial charge in [-0.25, -0.2) is 4.98 Å². The maximum Gasteiger partial charge on any atom is 0.149 e. The largest absolute Gasteiger partial charge is 0.494 e. The van der Waals surface area contributed by atoms with E-state index >= 15 is 0 Å². The van der Waals surface area contributed by atoms with Crippen LogP contribution in [0.1, 0.15) is 24.7 Å². The first-order valence-electron chi connectivity index (χ1n) is 7.60. The summed E-state index contributed by atoms with van der Waals surface area (Å²) in [6.07, 6.45) is 2.80. The number of imidazole rings is 1. The smallest absolute Gasteiger partial charge is 0.149 e. The van der Waals surface area contributed by atoms with E-state index in [1.54, 1.807) is 0 Å². The second kappa shape index (κ2) is 6.80. The summed E-state index contributed by atoms with van der Waals surface area (Å²) < 4.78 is 5.56. The first kappa shape index (κ1) is 14.9. The number of para-hydroxylation sites is 2. The van der Waals surface area contributed by atoms with Crippen molar-refractivity contribution in [1.82, 2.24) is 9.97 Å². The Hall–Kier alpha value is -3.06. The number of allylic oxidation sites excluding steroid dienone is 1. The first-order valence-corrected chi connectivity index (χ1v) is 7.60. The highest BCUT2D eigenvalue weighted by molar-refractivity contribution is 5.90. The molecule has 1 heterocycles. The minimum Gasteiger partial charge on any atom is -0.494 e. The van der Waals surface area contributed by atoms with Gasteiger partial charge in [0, 0.05) is 0 Å². The summed E-state index contributed by atoms with van der Waals surface area (Å²) >= 11 is 0. The van der Waals surface area contributed by atoms with Gasteiger partial charge in [-0.1, -0.05) is 31.2 Å². The number of H-pyrrole nitrogens is 1. The zero-order chi connectivity index (χ0) is 16.1. The summed E-state index contributed by atoms with van der Waals surface area (Å²) in [5.41, 5.74) is 3.22. The van der Waals surface area contributed by atoms with E-state index in [0.717, 1.165) is 28.8 Å². The Labute approximate surface area is 135 Å². The number of fused-ring (bicyclic) bond motifs is 1. The van der Waals surface area contributed by atoms with Crippen molar-refractivity contribution in [2.75, 3.05) is 6.61 Å². The number of nitrogens with one attached hydrogen (secondary N) is 1. The molecule has 0 saturated carbocycles. The number of nitrogens with zero attached hydrogens (tertiary/aromatic N) is 2. The molecule has 2 aromatic carbocycles. The summed E-state index contributed by atoms with van der Waals surface area (Å²) in [7, 11) is 0. The van der Waals surface area contributed by atoms with Crippen LogP contribution >= 0.6 is 0 Å². The van der Waals surface area contributed by atoms with Crippen molar-refractivity contribution in [2.45, 2.75) is 13.3 Å². The average molecular weight is 303 g/mol. The number of ether oxygens (including phenoxy) is 1. The van der Waals surface area contributed by atoms with Gasteiger partial charge in [0.25, 0.3) is 0 Å². The molecule has 0 fully saturated rings. The molecule has 0 saturated heterocycles. The van der Waals surface area contributed by atoms with Crippen molar-refractivity contribution in [3.05, 3.63) is 59.9 Å². The maximum atomic E-state index is 9.43. The SMILES string of the molecule is CCCOc1ccc(/C=C(\C#N)c2nc3ccccc3[nH]2)cc1. The van der Waals surface area contributed by atoms with Gasteiger partial charge in [0.1, 0.15) is 17.6 Å². The zero-order valence-electron chi connectivity index (χ0n) is 12.9. The van der Waals surface area contributed by atoms with Gasteiger partial charge in [0.05, 0.1) is 23.2 Å². The van der Waals surface area contributed by atoms with Gasteiger partial charge < -0.3 is 9.72 Å². The average Bonchev–Trinajstić information content (AvgIpc) is 3.02. The molecule has 114 valence electrons. The fourth-order valence-electron chi connectivity index (χ4n) is 2.28. The minimum absolute atomic E-state index is 0.503. The van der Waals surface area contributed by atoms with E-state index in [9.17, 15) is 5.26 Å². The molecule has 4 heteroatoms. The van der Waals surface area contributed by atoms with Crippen molar-refractivity contribution in [3.63, 3.8) is 0 Å². The van der Waals surface area contributed by atoms with Gasteiger partial charge in [-0.05, 0) is 42.3 Å². The number of benzene rings is 2. The zero-order valence-corrected chi connectivity index (χ0v) is 12.9. The lowest BCUT2D eigenvalue weighted by atomic mass is 10.1. The van der Waals surface area contributed by atoms with Crippen molar-refractivity contribution >= 4 is 22.7 Å². The Bertz CT molecular complexity index is 837. The molecule has 0 aliphatic rings. The van der Waals surface area contributed by atoms with Crippen LogP contribution < -0.4 is 4.74 Å². The Kier molecular flexibility index (Phi) is 4.39. The molecule has 3 rings (SSSR count). The number of nitriles is 1. The summed E-state index contributed by atoms with van der Waals surface area (Å²) in [6, 6.07) is 17.6. The maximum absolute atomic E-state index is 9.43. The van der Waals surface area contributed by atoms with E-state index in [0.29, 0.717) is 18.0 Å². The molecule has 1 aromatic heterocycles. The Balaban J connectivity index is 1.88. The van der Waals surface area contributed by atoms with Gasteiger partial charge in [-0.3, -0.25) is 0 Å². The normalized spacial score (nSPS) is 11.4. The van der Waals surface area contributed by atoms with Crippen LogP contribution in [-0.4, -0.2) is 16.6 Å². The van der Waals surface area contributed by atoms with Crippen LogP contribution in [0.2, 0.25) is 0 Å². The molecule has 0 radical (unpaired) electrons. The van der Waals surface area contributed by atoms with E-state index in [-0.39, 0.29) is 0 Å². The fraction of sp³-hybridized carbons (Fsp3) is 0.158. The van der Waals surface area contributed by atoms with E-state index in [4.69, 9.17) is 4.74 Å². The van der Waals surface area contributed by atoms with E-state index in [2.05, 4.69) is 23.0 Å². The Morgan fingerprint density at radius 1 is 1.22 bits per heavy atom. The summed E-state index contributed by atoms with van der Waals surface area (Å²) in [6.45, 7) is 2.78. The fourth-order valence-corrected chi connectivity index (χ4v) is 2.28. The lowest BCUT2D eigenvalue weighted by Crippen LogP contribution is -1.94. The van der Waals surface area contributed by atoms with E-state index < -0.39 is 0 Å². The van der Waals surface area contributed by atoms with Gasteiger partial charge in [0.2, 0.25) is 0 Å². The van der Waals surface area contributed by atoms with Crippen LogP contribution in [0.4, 0.5) is 0 Å². The lowest BCUT2D eigenvalue weighted by molar-refractivity contribution is 0.317. The molecular formula is C19H17N3O. The van der Waals surface area contributed by atoms with Crippen LogP contribution in [0.15, 0.2) is 48.5 Å². The van der Waals surface area contributed by atoms with Crippen molar-refractivity contribution in [2.24, 2.45) is 0 Å². The second-order valence-corrected chi connectivity index (χ2v) is 5.19. The van der Waals surface area contributed by atoms with Gasteiger partial charge >= 0.3 is 0 Å². The highest BCUT2D eigenvalue weighted by atomic mass is 16.5. The molecule has 1 N–H and O–H groups in total. The molecular weight excluding hydrogens is 286 g/mol. The topological polar surface area (TPSA) is 61.7 Å². The Morgan fingerprint density at radius 2 is 2.00 bits per heavy atom.